The normalized spacial score (nSPS) is 20.1. The van der Waals surface area contributed by atoms with Gasteiger partial charge in [0, 0.05) is 12.7 Å². The summed E-state index contributed by atoms with van der Waals surface area (Å²) >= 11 is 0. The fourth-order valence-electron chi connectivity index (χ4n) is 2.07. The zero-order valence-corrected chi connectivity index (χ0v) is 9.47. The van der Waals surface area contributed by atoms with Crippen LogP contribution in [0, 0.1) is 13.8 Å². The van der Waals surface area contributed by atoms with Gasteiger partial charge in [-0.25, -0.2) is 9.78 Å². The molecule has 0 amide bonds. The number of anilines is 1. The highest BCUT2D eigenvalue weighted by atomic mass is 16.4. The lowest BCUT2D eigenvalue weighted by atomic mass is 10.2. The average molecular weight is 221 g/mol. The summed E-state index contributed by atoms with van der Waals surface area (Å²) in [7, 11) is 0. The first kappa shape index (κ1) is 10.9. The minimum absolute atomic E-state index is 0.449. The Kier molecular flexibility index (Phi) is 2.77. The fraction of sp³-hybridized carbons (Fsp3) is 0.545. The highest BCUT2D eigenvalue weighted by molar-refractivity contribution is 5.78. The van der Waals surface area contributed by atoms with Crippen LogP contribution in [-0.4, -0.2) is 33.6 Å². The third-order valence-electron chi connectivity index (χ3n) is 2.86. The molecule has 1 aromatic rings. The van der Waals surface area contributed by atoms with Crippen molar-refractivity contribution >= 4 is 11.8 Å². The van der Waals surface area contributed by atoms with Gasteiger partial charge in [-0.05, 0) is 26.7 Å². The number of aliphatic carboxylic acids is 1. The third kappa shape index (κ3) is 1.85. The van der Waals surface area contributed by atoms with Crippen LogP contribution in [0.2, 0.25) is 0 Å². The predicted molar refractivity (Wildman–Crippen MR) is 59.5 cm³/mol. The number of carbonyl (C=O) groups is 1. The van der Waals surface area contributed by atoms with E-state index in [0.717, 1.165) is 24.4 Å². The molecule has 0 spiro atoms. The van der Waals surface area contributed by atoms with Crippen LogP contribution in [0.3, 0.4) is 0 Å². The van der Waals surface area contributed by atoms with Gasteiger partial charge in [0.15, 0.2) is 5.82 Å². The number of rotatable bonds is 2. The van der Waals surface area contributed by atoms with Gasteiger partial charge in [0.2, 0.25) is 0 Å². The molecule has 1 aromatic heterocycles. The summed E-state index contributed by atoms with van der Waals surface area (Å²) in [6, 6.07) is -0.449. The van der Waals surface area contributed by atoms with Gasteiger partial charge in [-0.2, -0.15) is 0 Å². The van der Waals surface area contributed by atoms with Crippen LogP contribution in [0.15, 0.2) is 6.20 Å². The van der Waals surface area contributed by atoms with Gasteiger partial charge in [0.05, 0.1) is 11.4 Å². The molecular weight excluding hydrogens is 206 g/mol. The number of carboxylic acids is 1. The first-order valence-corrected chi connectivity index (χ1v) is 5.39. The molecular formula is C11H15N3O2. The van der Waals surface area contributed by atoms with E-state index in [1.54, 1.807) is 6.20 Å². The second-order valence-electron chi connectivity index (χ2n) is 4.11. The van der Waals surface area contributed by atoms with Crippen molar-refractivity contribution in [2.24, 2.45) is 0 Å². The molecule has 1 aliphatic rings. The second-order valence-corrected chi connectivity index (χ2v) is 4.11. The molecule has 0 aromatic carbocycles. The Labute approximate surface area is 94.1 Å². The van der Waals surface area contributed by atoms with E-state index in [0.29, 0.717) is 12.2 Å². The zero-order valence-electron chi connectivity index (χ0n) is 9.47. The van der Waals surface area contributed by atoms with E-state index in [4.69, 9.17) is 5.11 Å². The van der Waals surface area contributed by atoms with E-state index in [1.165, 1.54) is 0 Å². The molecule has 2 heterocycles. The van der Waals surface area contributed by atoms with E-state index in [2.05, 4.69) is 9.97 Å². The number of carboxylic acid groups (broad SMARTS) is 1. The van der Waals surface area contributed by atoms with Crippen molar-refractivity contribution in [3.8, 4) is 0 Å². The first-order chi connectivity index (χ1) is 7.59. The van der Waals surface area contributed by atoms with Crippen LogP contribution in [0.5, 0.6) is 0 Å². The Bertz CT molecular complexity index is 420. The molecule has 0 radical (unpaired) electrons. The van der Waals surface area contributed by atoms with Crippen LogP contribution in [-0.2, 0) is 4.79 Å². The Balaban J connectivity index is 2.35. The topological polar surface area (TPSA) is 66.3 Å². The van der Waals surface area contributed by atoms with Crippen molar-refractivity contribution in [3.05, 3.63) is 17.6 Å². The van der Waals surface area contributed by atoms with E-state index >= 15 is 0 Å². The molecule has 2 rings (SSSR count). The van der Waals surface area contributed by atoms with E-state index in [-0.39, 0.29) is 0 Å². The lowest BCUT2D eigenvalue weighted by Gasteiger charge is -2.23. The molecule has 5 nitrogen and oxygen atoms in total. The standard InChI is InChI=1S/C11H15N3O2/c1-7-6-12-8(2)10(13-7)14-5-3-4-9(14)11(15)16/h6,9H,3-5H2,1-2H3,(H,15,16). The molecule has 16 heavy (non-hydrogen) atoms. The lowest BCUT2D eigenvalue weighted by molar-refractivity contribution is -0.138. The molecule has 0 saturated carbocycles. The molecule has 1 unspecified atom stereocenters. The molecule has 0 aliphatic carbocycles. The smallest absolute Gasteiger partial charge is 0.326 e. The van der Waals surface area contributed by atoms with Crippen molar-refractivity contribution < 1.29 is 9.90 Å². The Morgan fingerprint density at radius 3 is 3.00 bits per heavy atom. The van der Waals surface area contributed by atoms with Crippen LogP contribution < -0.4 is 4.90 Å². The summed E-state index contributed by atoms with van der Waals surface area (Å²) in [6.07, 6.45) is 3.28. The molecule has 1 N–H and O–H groups in total. The van der Waals surface area contributed by atoms with E-state index in [9.17, 15) is 4.79 Å². The average Bonchev–Trinajstić information content (AvgIpc) is 2.70. The van der Waals surface area contributed by atoms with Crippen molar-refractivity contribution in [1.29, 1.82) is 0 Å². The monoisotopic (exact) mass is 221 g/mol. The van der Waals surface area contributed by atoms with Crippen molar-refractivity contribution in [2.45, 2.75) is 32.7 Å². The fourth-order valence-corrected chi connectivity index (χ4v) is 2.07. The maximum absolute atomic E-state index is 11.1. The van der Waals surface area contributed by atoms with Crippen LogP contribution in [0.1, 0.15) is 24.2 Å². The molecule has 0 bridgehead atoms. The Hall–Kier alpha value is -1.65. The van der Waals surface area contributed by atoms with Gasteiger partial charge in [0.25, 0.3) is 0 Å². The van der Waals surface area contributed by atoms with Gasteiger partial charge >= 0.3 is 5.97 Å². The molecule has 86 valence electrons. The lowest BCUT2D eigenvalue weighted by Crippen LogP contribution is -2.37. The highest BCUT2D eigenvalue weighted by Gasteiger charge is 2.32. The summed E-state index contributed by atoms with van der Waals surface area (Å²) in [5, 5.41) is 9.12. The van der Waals surface area contributed by atoms with Gasteiger partial charge in [-0.3, -0.25) is 4.98 Å². The molecule has 1 saturated heterocycles. The quantitative estimate of drug-likeness (QED) is 0.811. The zero-order chi connectivity index (χ0) is 11.7. The van der Waals surface area contributed by atoms with E-state index in [1.807, 2.05) is 18.7 Å². The molecule has 5 heteroatoms. The third-order valence-corrected chi connectivity index (χ3v) is 2.86. The summed E-state index contributed by atoms with van der Waals surface area (Å²) in [4.78, 5) is 21.5. The summed E-state index contributed by atoms with van der Waals surface area (Å²) in [6.45, 7) is 4.47. The van der Waals surface area contributed by atoms with Gasteiger partial charge < -0.3 is 10.0 Å². The summed E-state index contributed by atoms with van der Waals surface area (Å²) in [5.74, 6) is -0.0647. The van der Waals surface area contributed by atoms with Gasteiger partial charge in [-0.1, -0.05) is 0 Å². The maximum atomic E-state index is 11.1. The van der Waals surface area contributed by atoms with Crippen LogP contribution in [0.25, 0.3) is 0 Å². The summed E-state index contributed by atoms with van der Waals surface area (Å²) in [5.41, 5.74) is 1.61. The van der Waals surface area contributed by atoms with Crippen molar-refractivity contribution in [3.63, 3.8) is 0 Å². The summed E-state index contributed by atoms with van der Waals surface area (Å²) < 4.78 is 0. The van der Waals surface area contributed by atoms with Crippen molar-refractivity contribution in [1.82, 2.24) is 9.97 Å². The highest BCUT2D eigenvalue weighted by Crippen LogP contribution is 2.25. The molecule has 1 aliphatic heterocycles. The Morgan fingerprint density at radius 2 is 2.31 bits per heavy atom. The number of hydrogen-bond acceptors (Lipinski definition) is 4. The number of hydrogen-bond donors (Lipinski definition) is 1. The number of aromatic nitrogens is 2. The largest absolute Gasteiger partial charge is 0.480 e. The molecule has 1 fully saturated rings. The second kappa shape index (κ2) is 4.08. The minimum atomic E-state index is -0.778. The van der Waals surface area contributed by atoms with Gasteiger partial charge in [0.1, 0.15) is 6.04 Å². The SMILES string of the molecule is Cc1cnc(C)c(N2CCCC2C(=O)O)n1. The first-order valence-electron chi connectivity index (χ1n) is 5.39. The van der Waals surface area contributed by atoms with Gasteiger partial charge in [-0.15, -0.1) is 0 Å². The maximum Gasteiger partial charge on any atom is 0.326 e. The van der Waals surface area contributed by atoms with Crippen molar-refractivity contribution in [2.75, 3.05) is 11.4 Å². The number of aryl methyl sites for hydroxylation is 2. The van der Waals surface area contributed by atoms with Crippen LogP contribution in [0.4, 0.5) is 5.82 Å². The Morgan fingerprint density at radius 1 is 1.56 bits per heavy atom. The van der Waals surface area contributed by atoms with Crippen LogP contribution >= 0.6 is 0 Å². The van der Waals surface area contributed by atoms with E-state index < -0.39 is 12.0 Å². The number of nitrogens with zero attached hydrogens (tertiary/aromatic N) is 3. The predicted octanol–water partition coefficient (Wildman–Crippen LogP) is 1.15. The minimum Gasteiger partial charge on any atom is -0.480 e. The molecule has 1 atom stereocenters.